The third-order valence-electron chi connectivity index (χ3n) is 3.71. The Morgan fingerprint density at radius 3 is 2.47 bits per heavy atom. The first-order chi connectivity index (χ1) is 8.90. The van der Waals surface area contributed by atoms with E-state index in [1.54, 1.807) is 25.3 Å². The van der Waals surface area contributed by atoms with Crippen LogP contribution in [-0.2, 0) is 15.6 Å². The normalized spacial score (nSPS) is 21.1. The summed E-state index contributed by atoms with van der Waals surface area (Å²) in [6.45, 7) is 5.26. The molecule has 1 fully saturated rings. The van der Waals surface area contributed by atoms with Crippen LogP contribution in [0.25, 0.3) is 0 Å². The molecule has 1 N–H and O–H groups in total. The third-order valence-corrected chi connectivity index (χ3v) is 5.01. The minimum atomic E-state index is -0.758. The molecule has 0 radical (unpaired) electrons. The van der Waals surface area contributed by atoms with Gasteiger partial charge in [0.2, 0.25) is 5.91 Å². The molecule has 0 bridgehead atoms. The lowest BCUT2D eigenvalue weighted by molar-refractivity contribution is -0.130. The molecule has 0 aromatic rings. The van der Waals surface area contributed by atoms with Gasteiger partial charge in [0.1, 0.15) is 0 Å². The van der Waals surface area contributed by atoms with Crippen LogP contribution < -0.4 is 5.32 Å². The summed E-state index contributed by atoms with van der Waals surface area (Å²) in [6, 6.07) is 0.497. The van der Waals surface area contributed by atoms with Crippen LogP contribution in [0, 0.1) is 0 Å². The number of piperidine rings is 1. The van der Waals surface area contributed by atoms with Crippen molar-refractivity contribution in [2.75, 3.05) is 46.5 Å². The van der Waals surface area contributed by atoms with Crippen LogP contribution in [0.3, 0.4) is 0 Å². The van der Waals surface area contributed by atoms with E-state index in [1.165, 1.54) is 0 Å². The van der Waals surface area contributed by atoms with Gasteiger partial charge in [0.15, 0.2) is 0 Å². The molecule has 0 aromatic heterocycles. The van der Waals surface area contributed by atoms with Gasteiger partial charge < -0.3 is 10.2 Å². The van der Waals surface area contributed by atoms with Crippen LogP contribution in [0.4, 0.5) is 0 Å². The van der Waals surface area contributed by atoms with Crippen molar-refractivity contribution in [2.45, 2.75) is 31.1 Å². The molecular weight excluding hydrogens is 262 g/mol. The van der Waals surface area contributed by atoms with E-state index in [4.69, 9.17) is 0 Å². The summed E-state index contributed by atoms with van der Waals surface area (Å²) in [4.78, 5) is 15.5. The third kappa shape index (κ3) is 6.01. The molecule has 6 heteroatoms. The lowest BCUT2D eigenvalue weighted by Crippen LogP contribution is -2.47. The van der Waals surface area contributed by atoms with E-state index < -0.39 is 10.8 Å². The maximum atomic E-state index is 11.6. The van der Waals surface area contributed by atoms with Gasteiger partial charge in [-0.15, -0.1) is 0 Å². The molecule has 1 aliphatic rings. The number of likely N-dealkylation sites (tertiary alicyclic amines) is 1. The first kappa shape index (κ1) is 16.6. The maximum Gasteiger partial charge on any atom is 0.236 e. The SMILES string of the molecule is CC(CNC1CCN(CC(=O)N(C)C)CC1)S(C)=O. The van der Waals surface area contributed by atoms with Gasteiger partial charge in [0.05, 0.1) is 6.54 Å². The molecule has 112 valence electrons. The van der Waals surface area contributed by atoms with Crippen molar-refractivity contribution in [3.05, 3.63) is 0 Å². The van der Waals surface area contributed by atoms with Crippen LogP contribution in [0.15, 0.2) is 0 Å². The van der Waals surface area contributed by atoms with E-state index in [0.29, 0.717) is 12.6 Å². The number of hydrogen-bond donors (Lipinski definition) is 1. The number of nitrogens with zero attached hydrogens (tertiary/aromatic N) is 2. The van der Waals surface area contributed by atoms with Crippen LogP contribution in [0.2, 0.25) is 0 Å². The van der Waals surface area contributed by atoms with Gasteiger partial charge in [-0.2, -0.15) is 0 Å². The fourth-order valence-corrected chi connectivity index (χ4v) is 2.41. The number of nitrogens with one attached hydrogen (secondary N) is 1. The minimum absolute atomic E-state index is 0.168. The highest BCUT2D eigenvalue weighted by Crippen LogP contribution is 2.10. The van der Waals surface area contributed by atoms with Crippen molar-refractivity contribution in [2.24, 2.45) is 0 Å². The second-order valence-electron chi connectivity index (χ2n) is 5.56. The number of hydrogen-bond acceptors (Lipinski definition) is 4. The predicted octanol–water partition coefficient (Wildman–Crippen LogP) is -0.104. The standard InChI is InChI=1S/C13H27N3O2S/c1-11(19(4)18)9-14-12-5-7-16(8-6-12)10-13(17)15(2)3/h11-12,14H,5-10H2,1-4H3. The highest BCUT2D eigenvalue weighted by molar-refractivity contribution is 7.84. The van der Waals surface area contributed by atoms with Gasteiger partial charge in [0, 0.05) is 62.1 Å². The Morgan fingerprint density at radius 1 is 1.42 bits per heavy atom. The molecule has 19 heavy (non-hydrogen) atoms. The molecule has 1 aliphatic heterocycles. The number of rotatable bonds is 6. The summed E-state index contributed by atoms with van der Waals surface area (Å²) in [5.74, 6) is 0.168. The molecule has 1 saturated heterocycles. The lowest BCUT2D eigenvalue weighted by Gasteiger charge is -2.33. The largest absolute Gasteiger partial charge is 0.348 e. The number of amides is 1. The molecule has 1 amide bonds. The zero-order valence-electron chi connectivity index (χ0n) is 12.5. The monoisotopic (exact) mass is 289 g/mol. The molecule has 5 nitrogen and oxygen atoms in total. The Morgan fingerprint density at radius 2 is 2.00 bits per heavy atom. The molecule has 1 rings (SSSR count). The van der Waals surface area contributed by atoms with E-state index in [1.807, 2.05) is 6.92 Å². The van der Waals surface area contributed by atoms with Crippen LogP contribution in [-0.4, -0.2) is 77.7 Å². The van der Waals surface area contributed by atoms with Gasteiger partial charge in [-0.1, -0.05) is 0 Å². The van der Waals surface area contributed by atoms with Crippen molar-refractivity contribution in [3.63, 3.8) is 0 Å². The number of carbonyl (C=O) groups excluding carboxylic acids is 1. The molecule has 2 unspecified atom stereocenters. The van der Waals surface area contributed by atoms with E-state index in [-0.39, 0.29) is 11.2 Å². The first-order valence-corrected chi connectivity index (χ1v) is 8.50. The Labute approximate surface area is 119 Å². The molecule has 0 spiro atoms. The molecular formula is C13H27N3O2S. The van der Waals surface area contributed by atoms with Crippen molar-refractivity contribution < 1.29 is 9.00 Å². The quantitative estimate of drug-likeness (QED) is 0.742. The van der Waals surface area contributed by atoms with Crippen molar-refractivity contribution in [1.29, 1.82) is 0 Å². The zero-order chi connectivity index (χ0) is 14.4. The number of likely N-dealkylation sites (N-methyl/N-ethyl adjacent to an activating group) is 1. The Hall–Kier alpha value is -0.460. The van der Waals surface area contributed by atoms with Crippen LogP contribution in [0.5, 0.6) is 0 Å². The minimum Gasteiger partial charge on any atom is -0.348 e. The zero-order valence-corrected chi connectivity index (χ0v) is 13.3. The predicted molar refractivity (Wildman–Crippen MR) is 79.7 cm³/mol. The fraction of sp³-hybridized carbons (Fsp3) is 0.923. The summed E-state index contributed by atoms with van der Waals surface area (Å²) < 4.78 is 11.3. The molecule has 1 heterocycles. The van der Waals surface area contributed by atoms with E-state index in [0.717, 1.165) is 32.5 Å². The average molecular weight is 289 g/mol. The second kappa shape index (κ2) is 7.97. The Balaban J connectivity index is 2.22. The molecule has 2 atom stereocenters. The summed E-state index contributed by atoms with van der Waals surface area (Å²) >= 11 is 0. The summed E-state index contributed by atoms with van der Waals surface area (Å²) in [7, 11) is 2.83. The van der Waals surface area contributed by atoms with Gasteiger partial charge in [-0.05, 0) is 19.8 Å². The van der Waals surface area contributed by atoms with Crippen molar-refractivity contribution in [3.8, 4) is 0 Å². The maximum absolute atomic E-state index is 11.6. The van der Waals surface area contributed by atoms with E-state index in [9.17, 15) is 9.00 Å². The summed E-state index contributed by atoms with van der Waals surface area (Å²) in [5.41, 5.74) is 0. The van der Waals surface area contributed by atoms with Gasteiger partial charge in [0.25, 0.3) is 0 Å². The molecule has 0 saturated carbocycles. The summed E-state index contributed by atoms with van der Waals surface area (Å²) in [6.07, 6.45) is 3.87. The van der Waals surface area contributed by atoms with Gasteiger partial charge in [-0.3, -0.25) is 13.9 Å². The van der Waals surface area contributed by atoms with E-state index >= 15 is 0 Å². The highest BCUT2D eigenvalue weighted by Gasteiger charge is 2.21. The fourth-order valence-electron chi connectivity index (χ4n) is 2.08. The summed E-state index contributed by atoms with van der Waals surface area (Å²) in [5, 5.41) is 3.69. The smallest absolute Gasteiger partial charge is 0.236 e. The van der Waals surface area contributed by atoms with E-state index in [2.05, 4.69) is 10.2 Å². The second-order valence-corrected chi connectivity index (χ2v) is 7.36. The van der Waals surface area contributed by atoms with Crippen LogP contribution in [0.1, 0.15) is 19.8 Å². The number of carbonyl (C=O) groups is 1. The topological polar surface area (TPSA) is 52.7 Å². The van der Waals surface area contributed by atoms with Gasteiger partial charge in [-0.25, -0.2) is 0 Å². The van der Waals surface area contributed by atoms with Gasteiger partial charge >= 0.3 is 0 Å². The van der Waals surface area contributed by atoms with Crippen molar-refractivity contribution in [1.82, 2.24) is 15.1 Å². The lowest BCUT2D eigenvalue weighted by atomic mass is 10.0. The molecule has 0 aliphatic carbocycles. The van der Waals surface area contributed by atoms with Crippen LogP contribution >= 0.6 is 0 Å². The van der Waals surface area contributed by atoms with Crippen molar-refractivity contribution >= 4 is 16.7 Å². The first-order valence-electron chi connectivity index (χ1n) is 6.88. The Kier molecular flexibility index (Phi) is 6.96. The molecule has 0 aromatic carbocycles. The average Bonchev–Trinajstić information content (AvgIpc) is 2.37. The Bertz CT molecular complexity index is 315. The highest BCUT2D eigenvalue weighted by atomic mass is 32.2.